The molecule has 4 nitrogen and oxygen atoms in total. The van der Waals surface area contributed by atoms with Crippen LogP contribution in [-0.4, -0.2) is 18.5 Å². The quantitative estimate of drug-likeness (QED) is 0.779. The molecule has 0 radical (unpaired) electrons. The van der Waals surface area contributed by atoms with Crippen molar-refractivity contribution in [2.24, 2.45) is 0 Å². The average molecular weight is 283 g/mol. The molecule has 1 aromatic rings. The Bertz CT molecular complexity index is 479. The summed E-state index contributed by atoms with van der Waals surface area (Å²) < 4.78 is 10.3. The van der Waals surface area contributed by atoms with E-state index in [9.17, 15) is 9.59 Å². The second-order valence-electron chi connectivity index (χ2n) is 3.09. The zero-order chi connectivity index (χ0) is 11.5. The van der Waals surface area contributed by atoms with Crippen molar-refractivity contribution in [3.63, 3.8) is 0 Å². The molecule has 0 saturated heterocycles. The number of hydrogen-bond donors (Lipinski definition) is 0. The fraction of sp³-hybridized carbons (Fsp3) is 0.0909. The van der Waals surface area contributed by atoms with Crippen molar-refractivity contribution in [1.82, 2.24) is 0 Å². The fourth-order valence-electron chi connectivity index (χ4n) is 1.22. The van der Waals surface area contributed by atoms with E-state index in [2.05, 4.69) is 20.7 Å². The lowest BCUT2D eigenvalue weighted by molar-refractivity contribution is -0.135. The van der Waals surface area contributed by atoms with Crippen LogP contribution in [0.2, 0.25) is 0 Å². The largest absolute Gasteiger partial charge is 0.454 e. The lowest BCUT2D eigenvalue weighted by Crippen LogP contribution is -2.06. The number of ether oxygens (including phenoxy) is 2. The molecule has 16 heavy (non-hydrogen) atoms. The minimum absolute atomic E-state index is 0.00895. The fourth-order valence-corrected chi connectivity index (χ4v) is 1.66. The van der Waals surface area contributed by atoms with Crippen molar-refractivity contribution < 1.29 is 19.1 Å². The molecule has 1 heterocycles. The third-order valence-corrected chi connectivity index (χ3v) is 2.64. The van der Waals surface area contributed by atoms with Gasteiger partial charge < -0.3 is 9.47 Å². The molecule has 1 aromatic carbocycles. The van der Waals surface area contributed by atoms with E-state index in [0.717, 1.165) is 6.08 Å². The molecule has 0 N–H and O–H groups in total. The van der Waals surface area contributed by atoms with Crippen molar-refractivity contribution in [3.8, 4) is 0 Å². The molecule has 5 heteroatoms. The summed E-state index contributed by atoms with van der Waals surface area (Å²) in [5.74, 6) is -0.780. The lowest BCUT2D eigenvalue weighted by atomic mass is 10.2. The van der Waals surface area contributed by atoms with E-state index >= 15 is 0 Å². The van der Waals surface area contributed by atoms with Crippen LogP contribution in [0.5, 0.6) is 0 Å². The smallest absolute Gasteiger partial charge is 0.344 e. The number of halogens is 1. The van der Waals surface area contributed by atoms with E-state index in [0.29, 0.717) is 10.0 Å². The second-order valence-corrected chi connectivity index (χ2v) is 3.94. The Morgan fingerprint density at radius 3 is 2.75 bits per heavy atom. The maximum absolute atomic E-state index is 11.7. The Morgan fingerprint density at radius 1 is 1.38 bits per heavy atom. The van der Waals surface area contributed by atoms with E-state index in [4.69, 9.17) is 4.74 Å². The first kappa shape index (κ1) is 10.9. The highest BCUT2D eigenvalue weighted by Crippen LogP contribution is 2.19. The minimum Gasteiger partial charge on any atom is -0.454 e. The number of esters is 2. The summed E-state index contributed by atoms with van der Waals surface area (Å²) in [6.45, 7) is 0.00895. The van der Waals surface area contributed by atoms with Gasteiger partial charge in [0.25, 0.3) is 0 Å². The van der Waals surface area contributed by atoms with Gasteiger partial charge in [-0.05, 0) is 28.1 Å². The van der Waals surface area contributed by atoms with Gasteiger partial charge in [0.2, 0.25) is 0 Å². The first-order valence-corrected chi connectivity index (χ1v) is 5.30. The number of carbonyl (C=O) groups excluding carboxylic acids is 2. The van der Waals surface area contributed by atoms with Gasteiger partial charge in [0, 0.05) is 4.47 Å². The maximum Gasteiger partial charge on any atom is 0.344 e. The van der Waals surface area contributed by atoms with Gasteiger partial charge in [-0.1, -0.05) is 12.1 Å². The van der Waals surface area contributed by atoms with Crippen LogP contribution in [0.1, 0.15) is 10.4 Å². The van der Waals surface area contributed by atoms with E-state index in [1.807, 2.05) is 0 Å². The molecular weight excluding hydrogens is 276 g/mol. The van der Waals surface area contributed by atoms with Crippen LogP contribution in [0, 0.1) is 0 Å². The minimum atomic E-state index is -0.517. The Morgan fingerprint density at radius 2 is 2.12 bits per heavy atom. The van der Waals surface area contributed by atoms with Crippen molar-refractivity contribution in [2.75, 3.05) is 6.61 Å². The van der Waals surface area contributed by atoms with Gasteiger partial charge in [-0.25, -0.2) is 9.59 Å². The monoisotopic (exact) mass is 282 g/mol. The Hall–Kier alpha value is -1.62. The van der Waals surface area contributed by atoms with Crippen LogP contribution in [0.15, 0.2) is 40.6 Å². The highest BCUT2D eigenvalue weighted by molar-refractivity contribution is 9.10. The SMILES string of the molecule is O=C1C=C(OC(=O)c2ccccc2Br)CO1. The van der Waals surface area contributed by atoms with Crippen LogP contribution < -0.4 is 0 Å². The zero-order valence-electron chi connectivity index (χ0n) is 8.10. The zero-order valence-corrected chi connectivity index (χ0v) is 9.69. The van der Waals surface area contributed by atoms with E-state index in [-0.39, 0.29) is 12.4 Å². The Labute approximate surface area is 100.0 Å². The summed E-state index contributed by atoms with van der Waals surface area (Å²) in [7, 11) is 0. The highest BCUT2D eigenvalue weighted by Gasteiger charge is 2.19. The van der Waals surface area contributed by atoms with Crippen LogP contribution in [0.25, 0.3) is 0 Å². The van der Waals surface area contributed by atoms with Crippen LogP contribution in [-0.2, 0) is 14.3 Å². The molecule has 0 spiro atoms. The molecule has 0 saturated carbocycles. The van der Waals surface area contributed by atoms with Crippen LogP contribution in [0.3, 0.4) is 0 Å². The third-order valence-electron chi connectivity index (χ3n) is 1.95. The number of cyclic esters (lactones) is 1. The summed E-state index contributed by atoms with van der Waals surface area (Å²) in [4.78, 5) is 22.4. The first-order valence-electron chi connectivity index (χ1n) is 4.51. The van der Waals surface area contributed by atoms with E-state index in [1.165, 1.54) is 0 Å². The maximum atomic E-state index is 11.7. The molecule has 0 fully saturated rings. The molecule has 1 aliphatic rings. The predicted molar refractivity (Wildman–Crippen MR) is 58.6 cm³/mol. The first-order chi connectivity index (χ1) is 7.66. The molecule has 0 bridgehead atoms. The molecule has 0 unspecified atom stereocenters. The summed E-state index contributed by atoms with van der Waals surface area (Å²) in [5, 5.41) is 0. The van der Waals surface area contributed by atoms with E-state index < -0.39 is 11.9 Å². The third kappa shape index (κ3) is 2.30. The molecular formula is C11H7BrO4. The van der Waals surface area contributed by atoms with Gasteiger partial charge in [-0.15, -0.1) is 0 Å². The highest BCUT2D eigenvalue weighted by atomic mass is 79.9. The van der Waals surface area contributed by atoms with Crippen molar-refractivity contribution >= 4 is 27.9 Å². The lowest BCUT2D eigenvalue weighted by Gasteiger charge is -2.04. The summed E-state index contributed by atoms with van der Waals surface area (Å²) in [6.07, 6.45) is 1.16. The number of benzene rings is 1. The molecule has 0 atom stereocenters. The van der Waals surface area contributed by atoms with Crippen LogP contribution >= 0.6 is 15.9 Å². The van der Waals surface area contributed by atoms with Gasteiger partial charge in [-0.3, -0.25) is 0 Å². The summed E-state index contributed by atoms with van der Waals surface area (Å²) >= 11 is 3.24. The topological polar surface area (TPSA) is 52.6 Å². The standard InChI is InChI=1S/C11H7BrO4/c12-9-4-2-1-3-8(9)11(14)16-7-5-10(13)15-6-7/h1-5H,6H2. The van der Waals surface area contributed by atoms with Crippen molar-refractivity contribution in [1.29, 1.82) is 0 Å². The normalized spacial score (nSPS) is 14.3. The second kappa shape index (κ2) is 4.49. The van der Waals surface area contributed by atoms with Gasteiger partial charge >= 0.3 is 11.9 Å². The summed E-state index contributed by atoms with van der Waals surface area (Å²) in [6, 6.07) is 6.89. The average Bonchev–Trinajstić information content (AvgIpc) is 2.64. The van der Waals surface area contributed by atoms with Crippen molar-refractivity contribution in [3.05, 3.63) is 46.1 Å². The van der Waals surface area contributed by atoms with Gasteiger partial charge in [-0.2, -0.15) is 0 Å². The molecule has 0 amide bonds. The molecule has 2 rings (SSSR count). The summed E-state index contributed by atoms with van der Waals surface area (Å²) in [5.41, 5.74) is 0.405. The number of rotatable bonds is 2. The van der Waals surface area contributed by atoms with Gasteiger partial charge in [0.05, 0.1) is 11.6 Å². The van der Waals surface area contributed by atoms with Crippen molar-refractivity contribution in [2.45, 2.75) is 0 Å². The van der Waals surface area contributed by atoms with Gasteiger partial charge in [0.15, 0.2) is 5.76 Å². The molecule has 0 aromatic heterocycles. The van der Waals surface area contributed by atoms with E-state index in [1.54, 1.807) is 24.3 Å². The number of hydrogen-bond acceptors (Lipinski definition) is 4. The predicted octanol–water partition coefficient (Wildman–Crippen LogP) is 2.05. The Balaban J connectivity index is 2.12. The number of carbonyl (C=O) groups is 2. The molecule has 1 aliphatic heterocycles. The van der Waals surface area contributed by atoms with Gasteiger partial charge in [0.1, 0.15) is 6.61 Å². The van der Waals surface area contributed by atoms with Crippen LogP contribution in [0.4, 0.5) is 0 Å². The molecule has 0 aliphatic carbocycles. The molecule has 82 valence electrons. The Kier molecular flexibility index (Phi) is 3.05.